The van der Waals surface area contributed by atoms with E-state index in [0.717, 1.165) is 25.7 Å². The third-order valence-corrected chi connectivity index (χ3v) is 4.37. The highest BCUT2D eigenvalue weighted by Gasteiger charge is 2.31. The quantitative estimate of drug-likeness (QED) is 0.791. The largest absolute Gasteiger partial charge is 0.380 e. The second kappa shape index (κ2) is 5.99. The molecule has 0 radical (unpaired) electrons. The second-order valence-corrected chi connectivity index (χ2v) is 5.28. The Balaban J connectivity index is 1.92. The van der Waals surface area contributed by atoms with E-state index in [4.69, 9.17) is 4.74 Å². The molecule has 1 aliphatic heterocycles. The monoisotopic (exact) mass is 226 g/mol. The lowest BCUT2D eigenvalue weighted by molar-refractivity contribution is -0.0124. The minimum Gasteiger partial charge on any atom is -0.380 e. The van der Waals surface area contributed by atoms with Gasteiger partial charge in [0.1, 0.15) is 0 Å². The Labute approximate surface area is 99.5 Å². The molecule has 1 saturated heterocycles. The van der Waals surface area contributed by atoms with Crippen molar-refractivity contribution in [2.24, 2.45) is 0 Å². The highest BCUT2D eigenvalue weighted by atomic mass is 16.5. The van der Waals surface area contributed by atoms with E-state index in [1.54, 1.807) is 0 Å². The standard InChI is InChI=1S/C13H26N2O/c1-14-12-8-9-16-10-13(12)15(2)11-6-4-3-5-7-11/h11-14H,3-10H2,1-2H3. The Hall–Kier alpha value is -0.120. The maximum absolute atomic E-state index is 5.64. The number of hydrogen-bond acceptors (Lipinski definition) is 3. The molecule has 0 spiro atoms. The Bertz CT molecular complexity index is 204. The molecule has 3 heteroatoms. The van der Waals surface area contributed by atoms with Gasteiger partial charge in [-0.25, -0.2) is 0 Å². The Morgan fingerprint density at radius 3 is 2.56 bits per heavy atom. The number of ether oxygens (including phenoxy) is 1. The van der Waals surface area contributed by atoms with Crippen LogP contribution in [-0.2, 0) is 4.74 Å². The van der Waals surface area contributed by atoms with Gasteiger partial charge in [-0.1, -0.05) is 19.3 Å². The molecule has 2 aliphatic rings. The highest BCUT2D eigenvalue weighted by molar-refractivity contribution is 4.89. The summed E-state index contributed by atoms with van der Waals surface area (Å²) in [6.07, 6.45) is 8.16. The normalized spacial score (nSPS) is 33.2. The second-order valence-electron chi connectivity index (χ2n) is 5.28. The maximum Gasteiger partial charge on any atom is 0.0637 e. The fourth-order valence-electron chi connectivity index (χ4n) is 3.22. The van der Waals surface area contributed by atoms with Crippen LogP contribution in [0.4, 0.5) is 0 Å². The van der Waals surface area contributed by atoms with Crippen LogP contribution in [0, 0.1) is 0 Å². The molecule has 16 heavy (non-hydrogen) atoms. The van der Waals surface area contributed by atoms with Crippen LogP contribution in [-0.4, -0.2) is 50.3 Å². The number of likely N-dealkylation sites (N-methyl/N-ethyl adjacent to an activating group) is 2. The Kier molecular flexibility index (Phi) is 4.62. The third kappa shape index (κ3) is 2.76. The molecule has 0 amide bonds. The lowest BCUT2D eigenvalue weighted by Gasteiger charge is -2.42. The zero-order valence-electron chi connectivity index (χ0n) is 10.7. The van der Waals surface area contributed by atoms with Crippen LogP contribution >= 0.6 is 0 Å². The molecular weight excluding hydrogens is 200 g/mol. The van der Waals surface area contributed by atoms with E-state index in [1.807, 2.05) is 0 Å². The fourth-order valence-corrected chi connectivity index (χ4v) is 3.22. The summed E-state index contributed by atoms with van der Waals surface area (Å²) in [5.41, 5.74) is 0. The van der Waals surface area contributed by atoms with Crippen molar-refractivity contribution < 1.29 is 4.74 Å². The molecule has 2 fully saturated rings. The van der Waals surface area contributed by atoms with Crippen LogP contribution < -0.4 is 5.32 Å². The van der Waals surface area contributed by atoms with Gasteiger partial charge in [-0.05, 0) is 33.4 Å². The van der Waals surface area contributed by atoms with Crippen LogP contribution in [0.1, 0.15) is 38.5 Å². The summed E-state index contributed by atoms with van der Waals surface area (Å²) in [6, 6.07) is 1.97. The van der Waals surface area contributed by atoms with Crippen molar-refractivity contribution in [2.45, 2.75) is 56.7 Å². The van der Waals surface area contributed by atoms with Gasteiger partial charge in [0.15, 0.2) is 0 Å². The minimum atomic E-state index is 0.571. The van der Waals surface area contributed by atoms with E-state index in [9.17, 15) is 0 Å². The van der Waals surface area contributed by atoms with Gasteiger partial charge in [-0.15, -0.1) is 0 Å². The smallest absolute Gasteiger partial charge is 0.0637 e. The molecule has 0 aromatic heterocycles. The van der Waals surface area contributed by atoms with E-state index >= 15 is 0 Å². The first-order valence-electron chi connectivity index (χ1n) is 6.80. The molecule has 1 N–H and O–H groups in total. The lowest BCUT2D eigenvalue weighted by Crippen LogP contribution is -2.56. The third-order valence-electron chi connectivity index (χ3n) is 4.37. The van der Waals surface area contributed by atoms with Gasteiger partial charge < -0.3 is 10.1 Å². The summed E-state index contributed by atoms with van der Waals surface area (Å²) in [6.45, 7) is 1.82. The zero-order valence-corrected chi connectivity index (χ0v) is 10.7. The minimum absolute atomic E-state index is 0.571. The highest BCUT2D eigenvalue weighted by Crippen LogP contribution is 2.25. The van der Waals surface area contributed by atoms with Crippen molar-refractivity contribution in [1.29, 1.82) is 0 Å². The molecule has 1 heterocycles. The molecular formula is C13H26N2O. The van der Waals surface area contributed by atoms with Crippen LogP contribution in [0.25, 0.3) is 0 Å². The van der Waals surface area contributed by atoms with Crippen molar-refractivity contribution in [3.8, 4) is 0 Å². The molecule has 2 rings (SSSR count). The van der Waals surface area contributed by atoms with Gasteiger partial charge in [0.05, 0.1) is 6.61 Å². The van der Waals surface area contributed by atoms with E-state index in [-0.39, 0.29) is 0 Å². The molecule has 0 aromatic carbocycles. The Morgan fingerprint density at radius 2 is 1.88 bits per heavy atom. The predicted octanol–water partition coefficient (Wildman–Crippen LogP) is 1.63. The molecule has 3 nitrogen and oxygen atoms in total. The summed E-state index contributed by atoms with van der Waals surface area (Å²) in [5.74, 6) is 0. The Morgan fingerprint density at radius 1 is 1.12 bits per heavy atom. The van der Waals surface area contributed by atoms with E-state index in [2.05, 4.69) is 24.3 Å². The van der Waals surface area contributed by atoms with Gasteiger partial charge in [0.25, 0.3) is 0 Å². The van der Waals surface area contributed by atoms with Crippen LogP contribution in [0.3, 0.4) is 0 Å². The number of nitrogens with zero attached hydrogens (tertiary/aromatic N) is 1. The van der Waals surface area contributed by atoms with Crippen molar-refractivity contribution in [3.05, 3.63) is 0 Å². The maximum atomic E-state index is 5.64. The first kappa shape index (κ1) is 12.3. The first-order chi connectivity index (χ1) is 7.83. The summed E-state index contributed by atoms with van der Waals surface area (Å²) >= 11 is 0. The topological polar surface area (TPSA) is 24.5 Å². The lowest BCUT2D eigenvalue weighted by atomic mass is 9.91. The van der Waals surface area contributed by atoms with E-state index in [1.165, 1.54) is 32.1 Å². The van der Waals surface area contributed by atoms with Crippen molar-refractivity contribution in [2.75, 3.05) is 27.3 Å². The summed E-state index contributed by atoms with van der Waals surface area (Å²) < 4.78 is 5.64. The summed E-state index contributed by atoms with van der Waals surface area (Å²) in [5, 5.41) is 3.45. The average molecular weight is 226 g/mol. The number of rotatable bonds is 3. The van der Waals surface area contributed by atoms with Crippen LogP contribution in [0.5, 0.6) is 0 Å². The van der Waals surface area contributed by atoms with Gasteiger partial charge >= 0.3 is 0 Å². The van der Waals surface area contributed by atoms with Crippen molar-refractivity contribution in [3.63, 3.8) is 0 Å². The molecule has 1 aliphatic carbocycles. The van der Waals surface area contributed by atoms with E-state index in [0.29, 0.717) is 12.1 Å². The molecule has 0 bridgehead atoms. The molecule has 1 saturated carbocycles. The number of hydrogen-bond donors (Lipinski definition) is 1. The summed E-state index contributed by atoms with van der Waals surface area (Å²) in [7, 11) is 4.37. The SMILES string of the molecule is CNC1CCOCC1N(C)C1CCCCC1. The molecule has 2 unspecified atom stereocenters. The predicted molar refractivity (Wildman–Crippen MR) is 66.7 cm³/mol. The van der Waals surface area contributed by atoms with Crippen molar-refractivity contribution >= 4 is 0 Å². The van der Waals surface area contributed by atoms with Gasteiger partial charge in [-0.2, -0.15) is 0 Å². The van der Waals surface area contributed by atoms with Gasteiger partial charge in [0.2, 0.25) is 0 Å². The first-order valence-corrected chi connectivity index (χ1v) is 6.80. The molecule has 94 valence electrons. The van der Waals surface area contributed by atoms with Gasteiger partial charge in [0, 0.05) is 24.7 Å². The van der Waals surface area contributed by atoms with Crippen molar-refractivity contribution in [1.82, 2.24) is 10.2 Å². The van der Waals surface area contributed by atoms with Crippen LogP contribution in [0.2, 0.25) is 0 Å². The van der Waals surface area contributed by atoms with Gasteiger partial charge in [-0.3, -0.25) is 4.90 Å². The number of nitrogens with one attached hydrogen (secondary N) is 1. The molecule has 2 atom stereocenters. The fraction of sp³-hybridized carbons (Fsp3) is 1.00. The average Bonchev–Trinajstić information content (AvgIpc) is 2.39. The summed E-state index contributed by atoms with van der Waals surface area (Å²) in [4.78, 5) is 2.58. The van der Waals surface area contributed by atoms with Crippen LogP contribution in [0.15, 0.2) is 0 Å². The zero-order chi connectivity index (χ0) is 11.4. The molecule has 0 aromatic rings. The van der Waals surface area contributed by atoms with E-state index < -0.39 is 0 Å².